The standard InChI is InChI=1S/C23H19N3O3/c27-20(16-9-3-1-4-10-16)24-15-23(26-21(28)17-11-5-2-6-12-17)18-13-7-8-14-19(18)25-22(23)29/h1-14H,15H2,(H,24,27)(H,25,29)(H,26,28). The maximum absolute atomic E-state index is 13.0. The van der Waals surface area contributed by atoms with Gasteiger partial charge in [-0.3, -0.25) is 14.4 Å². The minimum Gasteiger partial charge on any atom is -0.349 e. The summed E-state index contributed by atoms with van der Waals surface area (Å²) in [5.74, 6) is -1.11. The predicted octanol–water partition coefficient (Wildman–Crippen LogP) is 2.69. The summed E-state index contributed by atoms with van der Waals surface area (Å²) in [7, 11) is 0. The number of hydrogen-bond acceptors (Lipinski definition) is 3. The second-order valence-electron chi connectivity index (χ2n) is 6.77. The second-order valence-corrected chi connectivity index (χ2v) is 6.77. The molecule has 0 saturated carbocycles. The molecule has 144 valence electrons. The molecule has 4 rings (SSSR count). The van der Waals surface area contributed by atoms with Gasteiger partial charge in [0.1, 0.15) is 0 Å². The molecule has 0 aliphatic carbocycles. The molecule has 1 unspecified atom stereocenters. The minimum absolute atomic E-state index is 0.0812. The van der Waals surface area contributed by atoms with E-state index in [-0.39, 0.29) is 12.5 Å². The normalized spacial score (nSPS) is 17.2. The molecule has 3 amide bonds. The van der Waals surface area contributed by atoms with Gasteiger partial charge in [0.05, 0.1) is 6.54 Å². The Hall–Kier alpha value is -3.93. The molecular formula is C23H19N3O3. The average Bonchev–Trinajstić information content (AvgIpc) is 3.04. The lowest BCUT2D eigenvalue weighted by molar-refractivity contribution is -0.121. The molecule has 6 nitrogen and oxygen atoms in total. The first-order valence-corrected chi connectivity index (χ1v) is 9.22. The van der Waals surface area contributed by atoms with E-state index in [2.05, 4.69) is 16.0 Å². The number of fused-ring (bicyclic) bond motifs is 1. The van der Waals surface area contributed by atoms with Gasteiger partial charge in [0.2, 0.25) is 0 Å². The molecule has 0 spiro atoms. The van der Waals surface area contributed by atoms with Gasteiger partial charge in [-0.2, -0.15) is 0 Å². The number of nitrogens with one attached hydrogen (secondary N) is 3. The van der Waals surface area contributed by atoms with Crippen LogP contribution in [0.1, 0.15) is 26.3 Å². The van der Waals surface area contributed by atoms with E-state index in [1.165, 1.54) is 0 Å². The number of para-hydroxylation sites is 1. The van der Waals surface area contributed by atoms with E-state index in [0.717, 1.165) is 0 Å². The SMILES string of the molecule is O=C(NCC1(NC(=O)c2ccccc2)C(=O)Nc2ccccc21)c1ccccc1. The lowest BCUT2D eigenvalue weighted by atomic mass is 9.90. The summed E-state index contributed by atoms with van der Waals surface area (Å²) in [5, 5.41) is 8.45. The van der Waals surface area contributed by atoms with Crippen LogP contribution in [0, 0.1) is 0 Å². The number of amides is 3. The van der Waals surface area contributed by atoms with Crippen LogP contribution in [0.3, 0.4) is 0 Å². The van der Waals surface area contributed by atoms with Crippen molar-refractivity contribution < 1.29 is 14.4 Å². The van der Waals surface area contributed by atoms with Crippen molar-refractivity contribution in [2.45, 2.75) is 5.54 Å². The zero-order chi connectivity index (χ0) is 20.3. The van der Waals surface area contributed by atoms with Crippen LogP contribution in [0.25, 0.3) is 0 Å². The lowest BCUT2D eigenvalue weighted by Crippen LogP contribution is -2.57. The van der Waals surface area contributed by atoms with E-state index in [1.54, 1.807) is 72.8 Å². The van der Waals surface area contributed by atoms with Crippen LogP contribution in [0.4, 0.5) is 5.69 Å². The van der Waals surface area contributed by atoms with E-state index in [1.807, 2.05) is 12.1 Å². The van der Waals surface area contributed by atoms with Crippen LogP contribution < -0.4 is 16.0 Å². The van der Waals surface area contributed by atoms with Crippen molar-refractivity contribution in [3.8, 4) is 0 Å². The molecule has 6 heteroatoms. The molecule has 1 heterocycles. The maximum atomic E-state index is 13.0. The Morgan fingerprint density at radius 3 is 1.97 bits per heavy atom. The molecule has 0 aromatic heterocycles. The summed E-state index contributed by atoms with van der Waals surface area (Å²) in [6.45, 7) is -0.0812. The fraction of sp³-hybridized carbons (Fsp3) is 0.0870. The number of anilines is 1. The zero-order valence-corrected chi connectivity index (χ0v) is 15.5. The van der Waals surface area contributed by atoms with Crippen molar-refractivity contribution in [3.63, 3.8) is 0 Å². The highest BCUT2D eigenvalue weighted by molar-refractivity contribution is 6.10. The van der Waals surface area contributed by atoms with Gasteiger partial charge in [0, 0.05) is 22.4 Å². The van der Waals surface area contributed by atoms with Gasteiger partial charge in [-0.05, 0) is 30.3 Å². The molecule has 3 aromatic rings. The average molecular weight is 385 g/mol. The molecule has 1 aliphatic heterocycles. The first-order chi connectivity index (χ1) is 14.1. The third-order valence-electron chi connectivity index (χ3n) is 4.94. The molecule has 1 atom stereocenters. The third kappa shape index (κ3) is 3.48. The van der Waals surface area contributed by atoms with Crippen LogP contribution in [0.2, 0.25) is 0 Å². The highest BCUT2D eigenvalue weighted by Crippen LogP contribution is 2.35. The maximum Gasteiger partial charge on any atom is 0.256 e. The summed E-state index contributed by atoms with van der Waals surface area (Å²) in [5.41, 5.74) is 0.721. The molecular weight excluding hydrogens is 366 g/mol. The van der Waals surface area contributed by atoms with Crippen molar-refractivity contribution in [1.29, 1.82) is 0 Å². The van der Waals surface area contributed by atoms with E-state index in [4.69, 9.17) is 0 Å². The Balaban J connectivity index is 1.66. The summed E-state index contributed by atoms with van der Waals surface area (Å²) in [6.07, 6.45) is 0. The molecule has 1 aliphatic rings. The number of benzene rings is 3. The highest BCUT2D eigenvalue weighted by atomic mass is 16.2. The fourth-order valence-corrected chi connectivity index (χ4v) is 3.42. The summed E-state index contributed by atoms with van der Waals surface area (Å²) >= 11 is 0. The van der Waals surface area contributed by atoms with Crippen LogP contribution in [-0.4, -0.2) is 24.3 Å². The zero-order valence-electron chi connectivity index (χ0n) is 15.5. The topological polar surface area (TPSA) is 87.3 Å². The number of carbonyl (C=O) groups excluding carboxylic acids is 3. The third-order valence-corrected chi connectivity index (χ3v) is 4.94. The highest BCUT2D eigenvalue weighted by Gasteiger charge is 2.48. The number of rotatable bonds is 5. The molecule has 3 aromatic carbocycles. The van der Waals surface area contributed by atoms with Crippen molar-refractivity contribution in [1.82, 2.24) is 10.6 Å². The van der Waals surface area contributed by atoms with Gasteiger partial charge in [-0.15, -0.1) is 0 Å². The Kier molecular flexibility index (Phi) is 4.83. The lowest BCUT2D eigenvalue weighted by Gasteiger charge is -2.29. The molecule has 0 radical (unpaired) electrons. The van der Waals surface area contributed by atoms with E-state index < -0.39 is 17.4 Å². The van der Waals surface area contributed by atoms with Crippen LogP contribution in [-0.2, 0) is 10.3 Å². The van der Waals surface area contributed by atoms with Gasteiger partial charge in [0.25, 0.3) is 17.7 Å². The smallest absolute Gasteiger partial charge is 0.256 e. The molecule has 0 fully saturated rings. The molecule has 29 heavy (non-hydrogen) atoms. The van der Waals surface area contributed by atoms with E-state index >= 15 is 0 Å². The Morgan fingerprint density at radius 1 is 0.759 bits per heavy atom. The van der Waals surface area contributed by atoms with E-state index in [9.17, 15) is 14.4 Å². The monoisotopic (exact) mass is 385 g/mol. The Morgan fingerprint density at radius 2 is 1.31 bits per heavy atom. The Bertz CT molecular complexity index is 1070. The van der Waals surface area contributed by atoms with Crippen molar-refractivity contribution >= 4 is 23.4 Å². The van der Waals surface area contributed by atoms with Crippen molar-refractivity contribution in [3.05, 3.63) is 102 Å². The van der Waals surface area contributed by atoms with Crippen LogP contribution in [0.15, 0.2) is 84.9 Å². The van der Waals surface area contributed by atoms with Gasteiger partial charge in [-0.25, -0.2) is 0 Å². The summed E-state index contributed by atoms with van der Waals surface area (Å²) in [6, 6.07) is 24.5. The molecule has 3 N–H and O–H groups in total. The summed E-state index contributed by atoms with van der Waals surface area (Å²) in [4.78, 5) is 38.4. The van der Waals surface area contributed by atoms with Gasteiger partial charge >= 0.3 is 0 Å². The number of hydrogen-bond donors (Lipinski definition) is 3. The van der Waals surface area contributed by atoms with Crippen LogP contribution >= 0.6 is 0 Å². The second kappa shape index (κ2) is 7.59. The van der Waals surface area contributed by atoms with Crippen LogP contribution in [0.5, 0.6) is 0 Å². The van der Waals surface area contributed by atoms with Crippen molar-refractivity contribution in [2.24, 2.45) is 0 Å². The Labute approximate surface area is 167 Å². The minimum atomic E-state index is -1.41. The molecule has 0 saturated heterocycles. The van der Waals surface area contributed by atoms with Gasteiger partial charge in [0.15, 0.2) is 5.54 Å². The molecule has 0 bridgehead atoms. The largest absolute Gasteiger partial charge is 0.349 e. The van der Waals surface area contributed by atoms with Crippen molar-refractivity contribution in [2.75, 3.05) is 11.9 Å². The number of carbonyl (C=O) groups is 3. The first kappa shape index (κ1) is 18.4. The quantitative estimate of drug-likeness (QED) is 0.631. The van der Waals surface area contributed by atoms with Gasteiger partial charge < -0.3 is 16.0 Å². The van der Waals surface area contributed by atoms with Gasteiger partial charge in [-0.1, -0.05) is 54.6 Å². The first-order valence-electron chi connectivity index (χ1n) is 9.22. The fourth-order valence-electron chi connectivity index (χ4n) is 3.42. The predicted molar refractivity (Wildman–Crippen MR) is 109 cm³/mol. The van der Waals surface area contributed by atoms with E-state index in [0.29, 0.717) is 22.4 Å². The summed E-state index contributed by atoms with van der Waals surface area (Å²) < 4.78 is 0.